The smallest absolute Gasteiger partial charge is 0.235 e. The maximum atomic E-state index is 14.0. The Labute approximate surface area is 98.3 Å². The molecule has 0 unspecified atom stereocenters. The van der Waals surface area contributed by atoms with Crippen LogP contribution < -0.4 is 4.74 Å². The van der Waals surface area contributed by atoms with Crippen LogP contribution in [0.15, 0.2) is 17.1 Å². The number of carbonyl (C=O) groups excluding carboxylic acids is 1. The van der Waals surface area contributed by atoms with Gasteiger partial charge in [-0.05, 0) is 31.4 Å². The first-order chi connectivity index (χ1) is 8.27. The van der Waals surface area contributed by atoms with Gasteiger partial charge in [0.1, 0.15) is 17.1 Å². The van der Waals surface area contributed by atoms with Crippen LogP contribution in [0.2, 0.25) is 0 Å². The minimum Gasteiger partial charge on any atom is -0.493 e. The van der Waals surface area contributed by atoms with E-state index in [4.69, 9.17) is 4.74 Å². The number of hydrogen-bond donors (Lipinski definition) is 0. The lowest BCUT2D eigenvalue weighted by Crippen LogP contribution is -2.34. The van der Waals surface area contributed by atoms with Crippen LogP contribution >= 0.6 is 0 Å². The van der Waals surface area contributed by atoms with Crippen molar-refractivity contribution in [2.75, 3.05) is 6.61 Å². The monoisotopic (exact) mass is 233 g/mol. The molecule has 1 aliphatic carbocycles. The van der Waals surface area contributed by atoms with Crippen LogP contribution in [-0.4, -0.2) is 12.7 Å². The number of benzene rings is 1. The van der Waals surface area contributed by atoms with Crippen molar-refractivity contribution in [2.45, 2.75) is 31.2 Å². The molecule has 3 rings (SSSR count). The second-order valence-corrected chi connectivity index (χ2v) is 4.59. The second kappa shape index (κ2) is 3.67. The molecule has 0 aromatic heterocycles. The molecule has 4 heteroatoms. The minimum absolute atomic E-state index is 0.284. The van der Waals surface area contributed by atoms with Gasteiger partial charge >= 0.3 is 0 Å². The molecule has 1 saturated carbocycles. The highest BCUT2D eigenvalue weighted by molar-refractivity contribution is 5.50. The summed E-state index contributed by atoms with van der Waals surface area (Å²) in [7, 11) is 0. The van der Waals surface area contributed by atoms with Gasteiger partial charge < -0.3 is 4.74 Å². The van der Waals surface area contributed by atoms with E-state index in [0.717, 1.165) is 30.6 Å². The van der Waals surface area contributed by atoms with Crippen LogP contribution in [-0.2, 0) is 16.8 Å². The zero-order valence-electron chi connectivity index (χ0n) is 9.33. The average Bonchev–Trinajstić information content (AvgIpc) is 2.72. The Balaban J connectivity index is 2.20. The van der Waals surface area contributed by atoms with Gasteiger partial charge in [0.05, 0.1) is 6.61 Å². The van der Waals surface area contributed by atoms with Gasteiger partial charge in [0.25, 0.3) is 0 Å². The van der Waals surface area contributed by atoms with E-state index in [1.807, 2.05) is 0 Å². The summed E-state index contributed by atoms with van der Waals surface area (Å²) < 4.78 is 19.5. The number of ether oxygens (including phenoxy) is 1. The molecule has 1 heterocycles. The zero-order chi connectivity index (χ0) is 11.9. The van der Waals surface area contributed by atoms with Crippen molar-refractivity contribution < 1.29 is 13.9 Å². The largest absolute Gasteiger partial charge is 0.493 e. The number of halogens is 1. The van der Waals surface area contributed by atoms with Crippen LogP contribution in [0.25, 0.3) is 0 Å². The third kappa shape index (κ3) is 1.41. The summed E-state index contributed by atoms with van der Waals surface area (Å²) in [5.74, 6) is 0.446. The third-order valence-electron chi connectivity index (χ3n) is 3.73. The molecule has 0 spiro atoms. The quantitative estimate of drug-likeness (QED) is 0.581. The predicted octanol–water partition coefficient (Wildman–Crippen LogP) is 2.48. The van der Waals surface area contributed by atoms with Crippen molar-refractivity contribution in [3.63, 3.8) is 0 Å². The molecule has 1 fully saturated rings. The molecule has 1 aromatic carbocycles. The van der Waals surface area contributed by atoms with Gasteiger partial charge in [0.2, 0.25) is 6.08 Å². The summed E-state index contributed by atoms with van der Waals surface area (Å²) in [6, 6.07) is 3.05. The number of rotatable bonds is 2. The lowest BCUT2D eigenvalue weighted by molar-refractivity contribution is 0.246. The van der Waals surface area contributed by atoms with E-state index in [9.17, 15) is 9.18 Å². The molecule has 1 aliphatic heterocycles. The van der Waals surface area contributed by atoms with Gasteiger partial charge in [0, 0.05) is 17.5 Å². The number of isocyanates is 1. The molecule has 0 amide bonds. The summed E-state index contributed by atoms with van der Waals surface area (Å²) in [6.07, 6.45) is 4.69. The molecular weight excluding hydrogens is 221 g/mol. The topological polar surface area (TPSA) is 38.7 Å². The Hall–Kier alpha value is -1.67. The van der Waals surface area contributed by atoms with E-state index in [2.05, 4.69) is 4.99 Å². The van der Waals surface area contributed by atoms with Crippen LogP contribution in [0.5, 0.6) is 5.75 Å². The van der Waals surface area contributed by atoms with Crippen LogP contribution in [0.3, 0.4) is 0 Å². The number of hydrogen-bond acceptors (Lipinski definition) is 3. The summed E-state index contributed by atoms with van der Waals surface area (Å²) in [6.45, 7) is 0.576. The molecular formula is C13H12FNO2. The molecule has 0 N–H and O–H groups in total. The van der Waals surface area contributed by atoms with E-state index < -0.39 is 5.54 Å². The van der Waals surface area contributed by atoms with Crippen molar-refractivity contribution >= 4 is 6.08 Å². The van der Waals surface area contributed by atoms with Crippen LogP contribution in [0, 0.1) is 5.82 Å². The Bertz CT molecular complexity index is 516. The first kappa shape index (κ1) is 10.5. The highest BCUT2D eigenvalue weighted by Gasteiger charge is 2.43. The van der Waals surface area contributed by atoms with Gasteiger partial charge in [0.15, 0.2) is 0 Å². The molecule has 3 nitrogen and oxygen atoms in total. The lowest BCUT2D eigenvalue weighted by Gasteiger charge is -2.38. The summed E-state index contributed by atoms with van der Waals surface area (Å²) in [4.78, 5) is 14.4. The Morgan fingerprint density at radius 2 is 2.24 bits per heavy atom. The summed E-state index contributed by atoms with van der Waals surface area (Å²) in [5.41, 5.74) is 0.760. The van der Waals surface area contributed by atoms with Crippen LogP contribution in [0.1, 0.15) is 30.4 Å². The third-order valence-corrected chi connectivity index (χ3v) is 3.73. The maximum Gasteiger partial charge on any atom is 0.235 e. The number of fused-ring (bicyclic) bond motifs is 1. The Kier molecular flexibility index (Phi) is 2.26. The van der Waals surface area contributed by atoms with Crippen molar-refractivity contribution in [1.82, 2.24) is 0 Å². The normalized spacial score (nSPS) is 19.8. The Morgan fingerprint density at radius 1 is 1.41 bits per heavy atom. The van der Waals surface area contributed by atoms with E-state index in [1.165, 1.54) is 6.07 Å². The Morgan fingerprint density at radius 3 is 2.88 bits per heavy atom. The van der Waals surface area contributed by atoms with Crippen molar-refractivity contribution in [2.24, 2.45) is 4.99 Å². The molecule has 0 bridgehead atoms. The molecule has 0 saturated heterocycles. The van der Waals surface area contributed by atoms with E-state index >= 15 is 0 Å². The lowest BCUT2D eigenvalue weighted by atomic mass is 9.70. The second-order valence-electron chi connectivity index (χ2n) is 4.59. The molecule has 2 aliphatic rings. The van der Waals surface area contributed by atoms with E-state index in [0.29, 0.717) is 18.6 Å². The first-order valence-electron chi connectivity index (χ1n) is 5.80. The van der Waals surface area contributed by atoms with E-state index in [1.54, 1.807) is 12.1 Å². The molecule has 0 radical (unpaired) electrons. The fraction of sp³-hybridized carbons (Fsp3) is 0.462. The SMILES string of the molecule is O=C=NC1(c2c(F)ccc3c2CCO3)CCC1. The van der Waals surface area contributed by atoms with Crippen molar-refractivity contribution in [3.05, 3.63) is 29.1 Å². The maximum absolute atomic E-state index is 14.0. The highest BCUT2D eigenvalue weighted by atomic mass is 19.1. The molecule has 1 aromatic rings. The van der Waals surface area contributed by atoms with Gasteiger partial charge in [-0.1, -0.05) is 0 Å². The standard InChI is InChI=1S/C13H12FNO2/c14-10-2-3-11-9(4-7-17-11)12(10)13(15-8-16)5-1-6-13/h2-3H,1,4-7H2. The summed E-state index contributed by atoms with van der Waals surface area (Å²) >= 11 is 0. The van der Waals surface area contributed by atoms with Gasteiger partial charge in [-0.2, -0.15) is 4.99 Å². The minimum atomic E-state index is -0.676. The highest BCUT2D eigenvalue weighted by Crippen LogP contribution is 2.49. The number of nitrogens with zero attached hydrogens (tertiary/aromatic N) is 1. The predicted molar refractivity (Wildman–Crippen MR) is 59.2 cm³/mol. The average molecular weight is 233 g/mol. The van der Waals surface area contributed by atoms with Crippen molar-refractivity contribution in [1.29, 1.82) is 0 Å². The fourth-order valence-corrected chi connectivity index (χ4v) is 2.77. The van der Waals surface area contributed by atoms with Crippen molar-refractivity contribution in [3.8, 4) is 5.75 Å². The first-order valence-corrected chi connectivity index (χ1v) is 5.80. The van der Waals surface area contributed by atoms with Gasteiger partial charge in [-0.3, -0.25) is 0 Å². The van der Waals surface area contributed by atoms with Crippen LogP contribution in [0.4, 0.5) is 4.39 Å². The molecule has 88 valence electrons. The molecule has 17 heavy (non-hydrogen) atoms. The zero-order valence-corrected chi connectivity index (χ0v) is 9.33. The van der Waals surface area contributed by atoms with Gasteiger partial charge in [-0.25, -0.2) is 9.18 Å². The summed E-state index contributed by atoms with van der Waals surface area (Å²) in [5, 5.41) is 0. The fourth-order valence-electron chi connectivity index (χ4n) is 2.77. The van der Waals surface area contributed by atoms with E-state index in [-0.39, 0.29) is 5.82 Å². The number of aliphatic imine (C=N–C) groups is 1. The van der Waals surface area contributed by atoms with Gasteiger partial charge in [-0.15, -0.1) is 0 Å². The molecule has 0 atom stereocenters.